The lowest BCUT2D eigenvalue weighted by molar-refractivity contribution is -0.146. The van der Waals surface area contributed by atoms with Crippen LogP contribution in [0.15, 0.2) is 89.0 Å². The summed E-state index contributed by atoms with van der Waals surface area (Å²) in [6.45, 7) is 0.243. The highest BCUT2D eigenvalue weighted by Crippen LogP contribution is 2.50. The first-order chi connectivity index (χ1) is 23.5. The molecule has 0 spiro atoms. The summed E-state index contributed by atoms with van der Waals surface area (Å²) in [4.78, 5) is 38.1. The van der Waals surface area contributed by atoms with Crippen molar-refractivity contribution < 1.29 is 37.4 Å². The number of ether oxygens (including phenoxy) is 2. The van der Waals surface area contributed by atoms with Crippen LogP contribution in [-0.4, -0.2) is 61.2 Å². The molecule has 0 bridgehead atoms. The molecular weight excluding hydrogens is 664 g/mol. The summed E-state index contributed by atoms with van der Waals surface area (Å²) in [7, 11) is -4.69. The van der Waals surface area contributed by atoms with Gasteiger partial charge in [-0.25, -0.2) is 13.9 Å². The lowest BCUT2D eigenvalue weighted by atomic mass is 10.1. The third-order valence-corrected chi connectivity index (χ3v) is 9.25. The number of imidazole rings is 1. The molecule has 3 aromatic carbocycles. The lowest BCUT2D eigenvalue weighted by Gasteiger charge is -2.29. The molecule has 0 radical (unpaired) electrons. The van der Waals surface area contributed by atoms with Gasteiger partial charge in [0, 0.05) is 10.3 Å². The summed E-state index contributed by atoms with van der Waals surface area (Å²) in [5.74, 6) is -1.02. The van der Waals surface area contributed by atoms with Crippen molar-refractivity contribution >= 4 is 41.6 Å². The van der Waals surface area contributed by atoms with Gasteiger partial charge in [0.2, 0.25) is 11.7 Å². The fourth-order valence-corrected chi connectivity index (χ4v) is 6.74. The van der Waals surface area contributed by atoms with Gasteiger partial charge in [-0.05, 0) is 29.5 Å². The number of esters is 1. The zero-order chi connectivity index (χ0) is 34.8. The van der Waals surface area contributed by atoms with Crippen LogP contribution in [-0.2, 0) is 30.0 Å². The number of rotatable bonds is 12. The quantitative estimate of drug-likeness (QED) is 0.0476. The van der Waals surface area contributed by atoms with Crippen molar-refractivity contribution in [2.75, 3.05) is 12.3 Å². The molecule has 3 heterocycles. The maximum Gasteiger partial charge on any atom is 0.459 e. The molecule has 6 rings (SSSR count). The number of nitrogens with two attached hydrogens (primary N) is 1. The first-order valence-corrected chi connectivity index (χ1v) is 16.3. The van der Waals surface area contributed by atoms with E-state index >= 15 is 4.39 Å². The maximum atomic E-state index is 15.8. The summed E-state index contributed by atoms with van der Waals surface area (Å²) in [5.41, 5.74) is 12.1. The molecule has 2 aromatic heterocycles. The molecule has 254 valence electrons. The van der Waals surface area contributed by atoms with Gasteiger partial charge < -0.3 is 24.8 Å². The van der Waals surface area contributed by atoms with Gasteiger partial charge in [0.1, 0.15) is 24.5 Å². The van der Waals surface area contributed by atoms with Crippen molar-refractivity contribution in [1.82, 2.24) is 24.6 Å². The second kappa shape index (κ2) is 13.6. The number of hydrogen-bond donors (Lipinski definition) is 4. The number of benzene rings is 3. The van der Waals surface area contributed by atoms with Crippen LogP contribution in [0.1, 0.15) is 18.7 Å². The monoisotopic (exact) mass is 693 g/mol. The Morgan fingerprint density at radius 2 is 1.98 bits per heavy atom. The minimum Gasteiger partial charge on any atom is -0.460 e. The number of aliphatic hydroxyl groups excluding tert-OH is 1. The van der Waals surface area contributed by atoms with E-state index in [0.29, 0.717) is 10.9 Å². The van der Waals surface area contributed by atoms with Crippen LogP contribution in [0.25, 0.3) is 32.4 Å². The Hall–Kier alpha value is -5.35. The Bertz CT molecular complexity index is 2160. The smallest absolute Gasteiger partial charge is 0.459 e. The molecule has 0 aliphatic carbocycles. The second-order valence-corrected chi connectivity index (χ2v) is 12.7. The van der Waals surface area contributed by atoms with Gasteiger partial charge in [-0.2, -0.15) is 10.1 Å². The molecule has 5 N–H and O–H groups in total. The van der Waals surface area contributed by atoms with Gasteiger partial charge >= 0.3 is 13.7 Å². The number of halogens is 1. The molecule has 17 nitrogen and oxygen atoms in total. The standard InChI is InChI=1S/C30H29FN9O8P/c1-17(28(43)45-14-18-8-3-2-4-9-18)37-49(44,48-21-13-7-11-19-10-5-6-12-20(19)21)46-15-30(38-39-33)24(41)22(31)27(47-30)40-16-34-23-25(40)35-29(32)36-26(23)42/h2-13,16-17,22,24,27,41H,14-15H2,1H3,(H,37,44)(H3,32,35,36,42)/t17-,22+,24-,27+,30+,49?/m0/s1. The Labute approximate surface area is 276 Å². The van der Waals surface area contributed by atoms with Crippen LogP contribution < -0.4 is 20.9 Å². The average molecular weight is 694 g/mol. The van der Waals surface area contributed by atoms with Gasteiger partial charge in [-0.3, -0.25) is 23.7 Å². The number of nitrogens with zero attached hydrogens (tertiary/aromatic N) is 6. The van der Waals surface area contributed by atoms with E-state index in [1.807, 2.05) is 0 Å². The Morgan fingerprint density at radius 1 is 1.24 bits per heavy atom. The molecule has 1 aliphatic rings. The topological polar surface area (TPSA) is 242 Å². The van der Waals surface area contributed by atoms with Crippen molar-refractivity contribution in [3.05, 3.63) is 105 Å². The largest absolute Gasteiger partial charge is 0.460 e. The number of anilines is 1. The van der Waals surface area contributed by atoms with Crippen LogP contribution in [0, 0.1) is 0 Å². The fourth-order valence-electron chi connectivity index (χ4n) is 5.21. The summed E-state index contributed by atoms with van der Waals surface area (Å²) in [5, 5.41) is 18.3. The molecule has 1 unspecified atom stereocenters. The molecule has 1 aliphatic heterocycles. The third-order valence-electron chi connectivity index (χ3n) is 7.64. The highest BCUT2D eigenvalue weighted by atomic mass is 31.2. The predicted octanol–water partition coefficient (Wildman–Crippen LogP) is 4.01. The minimum absolute atomic E-state index is 0.0738. The number of aromatic nitrogens is 4. The van der Waals surface area contributed by atoms with E-state index in [4.69, 9.17) is 24.3 Å². The third kappa shape index (κ3) is 6.82. The Kier molecular flexibility index (Phi) is 9.34. The number of nitrogen functional groups attached to an aromatic ring is 1. The Morgan fingerprint density at radius 3 is 2.76 bits per heavy atom. The molecule has 49 heavy (non-hydrogen) atoms. The number of carbonyl (C=O) groups excluding carboxylic acids is 1. The van der Waals surface area contributed by atoms with E-state index in [1.165, 1.54) is 13.0 Å². The zero-order valence-electron chi connectivity index (χ0n) is 25.6. The normalized spacial score (nSPS) is 22.3. The number of aromatic amines is 1. The van der Waals surface area contributed by atoms with Crippen LogP contribution >= 0.6 is 7.75 Å². The van der Waals surface area contributed by atoms with Gasteiger partial charge in [0.15, 0.2) is 23.6 Å². The summed E-state index contributed by atoms with van der Waals surface area (Å²) in [6.07, 6.45) is -5.25. The molecule has 1 fully saturated rings. The van der Waals surface area contributed by atoms with Crippen molar-refractivity contribution in [3.8, 4) is 5.75 Å². The van der Waals surface area contributed by atoms with Crippen molar-refractivity contribution in [2.45, 2.75) is 43.8 Å². The lowest BCUT2D eigenvalue weighted by Crippen LogP contribution is -2.45. The number of fused-ring (bicyclic) bond motifs is 2. The fraction of sp³-hybridized carbons (Fsp3) is 0.267. The van der Waals surface area contributed by atoms with Crippen molar-refractivity contribution in [1.29, 1.82) is 0 Å². The predicted molar refractivity (Wildman–Crippen MR) is 172 cm³/mol. The van der Waals surface area contributed by atoms with Gasteiger partial charge in [-0.15, -0.1) is 0 Å². The van der Waals surface area contributed by atoms with Gasteiger partial charge in [0.25, 0.3) is 5.56 Å². The molecule has 5 aromatic rings. The first kappa shape index (κ1) is 33.5. The first-order valence-electron chi connectivity index (χ1n) is 14.7. The zero-order valence-corrected chi connectivity index (χ0v) is 26.5. The van der Waals surface area contributed by atoms with Crippen LogP contribution in [0.2, 0.25) is 0 Å². The number of aliphatic hydroxyl groups is 1. The summed E-state index contributed by atoms with van der Waals surface area (Å²) >= 11 is 0. The molecule has 6 atom stereocenters. The molecule has 0 amide bonds. The van der Waals surface area contributed by atoms with Crippen LogP contribution in [0.4, 0.5) is 10.3 Å². The number of alkyl halides is 1. The Balaban J connectivity index is 1.29. The number of azide groups is 1. The highest BCUT2D eigenvalue weighted by Gasteiger charge is 2.57. The number of carbonyl (C=O) groups is 1. The van der Waals surface area contributed by atoms with Crippen molar-refractivity contribution in [3.63, 3.8) is 0 Å². The van der Waals surface area contributed by atoms with E-state index in [2.05, 4.69) is 30.1 Å². The second-order valence-electron chi connectivity index (χ2n) is 11.0. The van der Waals surface area contributed by atoms with E-state index in [9.17, 15) is 24.8 Å². The summed E-state index contributed by atoms with van der Waals surface area (Å²) in [6, 6.07) is 19.6. The van der Waals surface area contributed by atoms with E-state index < -0.39 is 56.2 Å². The average Bonchev–Trinajstić information content (AvgIpc) is 3.62. The maximum absolute atomic E-state index is 15.8. The molecular formula is C30H29FN9O8P. The van der Waals surface area contributed by atoms with Gasteiger partial charge in [-0.1, -0.05) is 71.8 Å². The van der Waals surface area contributed by atoms with E-state index in [1.54, 1.807) is 66.7 Å². The summed E-state index contributed by atoms with van der Waals surface area (Å²) < 4.78 is 54.0. The number of hydrogen-bond acceptors (Lipinski definition) is 12. The minimum atomic E-state index is -4.69. The van der Waals surface area contributed by atoms with Crippen LogP contribution in [0.3, 0.4) is 0 Å². The molecule has 1 saturated heterocycles. The van der Waals surface area contributed by atoms with Gasteiger partial charge in [0.05, 0.1) is 12.9 Å². The highest BCUT2D eigenvalue weighted by molar-refractivity contribution is 7.52. The number of H-pyrrole nitrogens is 1. The van der Waals surface area contributed by atoms with E-state index in [-0.39, 0.29) is 29.5 Å². The molecule has 0 saturated carbocycles. The number of nitrogens with one attached hydrogen (secondary N) is 2. The van der Waals surface area contributed by atoms with Crippen molar-refractivity contribution in [2.24, 2.45) is 5.11 Å². The van der Waals surface area contributed by atoms with E-state index in [0.717, 1.165) is 16.3 Å². The SMILES string of the molecule is C[C@H](NP(=O)(OC[C@@]1(N=[N+]=[N-])O[C@@H](n2cnc3c(=O)[nH]c(N)nc32)[C@H](F)[C@@H]1O)Oc1cccc2ccccc12)C(=O)OCc1ccccc1. The molecule has 19 heteroatoms. The van der Waals surface area contributed by atoms with Crippen LogP contribution in [0.5, 0.6) is 5.75 Å².